The minimum atomic E-state index is -0.472. The molecule has 94 valence electrons. The van der Waals surface area contributed by atoms with Crippen molar-refractivity contribution in [3.8, 4) is 6.07 Å². The van der Waals surface area contributed by atoms with Crippen LogP contribution in [0.5, 0.6) is 0 Å². The van der Waals surface area contributed by atoms with Crippen LogP contribution in [0.2, 0.25) is 0 Å². The number of nitrogens with one attached hydrogen (secondary N) is 1. The van der Waals surface area contributed by atoms with Crippen LogP contribution in [-0.4, -0.2) is 21.6 Å². The third-order valence-corrected chi connectivity index (χ3v) is 3.19. The molecule has 0 radical (unpaired) electrons. The van der Waals surface area contributed by atoms with Gasteiger partial charge in [0.25, 0.3) is 0 Å². The Morgan fingerprint density at radius 3 is 2.94 bits per heavy atom. The third kappa shape index (κ3) is 2.52. The molecule has 0 aliphatic heterocycles. The molecular weight excluding hydrogens is 224 g/mol. The Bertz CT molecular complexity index is 566. The van der Waals surface area contributed by atoms with E-state index in [9.17, 15) is 5.26 Å². The minimum Gasteiger partial charge on any atom is -0.330 e. The molecule has 0 bridgehead atoms. The minimum absolute atomic E-state index is 0.472. The van der Waals surface area contributed by atoms with Crippen LogP contribution in [0, 0.1) is 11.3 Å². The fraction of sp³-hybridized carbons (Fsp3) is 0.429. The molecule has 1 heterocycles. The van der Waals surface area contributed by atoms with Gasteiger partial charge in [-0.25, -0.2) is 4.98 Å². The first kappa shape index (κ1) is 12.6. The Balaban J connectivity index is 2.13. The molecule has 2 aromatic rings. The fourth-order valence-electron chi connectivity index (χ4n) is 2.11. The monoisotopic (exact) mass is 242 g/mol. The van der Waals surface area contributed by atoms with Crippen molar-refractivity contribution in [1.82, 2.24) is 14.9 Å². The largest absolute Gasteiger partial charge is 0.330 e. The summed E-state index contributed by atoms with van der Waals surface area (Å²) in [5.41, 5.74) is 1.65. The lowest BCUT2D eigenvalue weighted by molar-refractivity contribution is 0.404. The molecule has 1 aromatic heterocycles. The van der Waals surface area contributed by atoms with Crippen molar-refractivity contribution >= 4 is 11.0 Å². The number of hydrogen-bond donors (Lipinski definition) is 1. The van der Waals surface area contributed by atoms with Crippen LogP contribution in [0.1, 0.15) is 20.3 Å². The third-order valence-electron chi connectivity index (χ3n) is 3.19. The van der Waals surface area contributed by atoms with Gasteiger partial charge in [-0.2, -0.15) is 5.26 Å². The first-order chi connectivity index (χ1) is 8.68. The number of nitrogens with zero attached hydrogens (tertiary/aromatic N) is 3. The number of para-hydroxylation sites is 2. The molecule has 0 saturated carbocycles. The zero-order chi connectivity index (χ0) is 13.0. The summed E-state index contributed by atoms with van der Waals surface area (Å²) < 4.78 is 2.10. The predicted octanol–water partition coefficient (Wildman–Crippen LogP) is 2.32. The van der Waals surface area contributed by atoms with E-state index in [2.05, 4.69) is 27.0 Å². The Morgan fingerprint density at radius 1 is 1.44 bits per heavy atom. The fourth-order valence-corrected chi connectivity index (χ4v) is 2.11. The average Bonchev–Trinajstić information content (AvgIpc) is 2.80. The Kier molecular flexibility index (Phi) is 3.63. The molecule has 1 N–H and O–H groups in total. The van der Waals surface area contributed by atoms with E-state index in [1.165, 1.54) is 0 Å². The maximum Gasteiger partial charge on any atom is 0.105 e. The van der Waals surface area contributed by atoms with Gasteiger partial charge in [-0.1, -0.05) is 19.1 Å². The van der Waals surface area contributed by atoms with E-state index in [0.717, 1.165) is 30.5 Å². The lowest BCUT2D eigenvalue weighted by Crippen LogP contribution is -2.41. The topological polar surface area (TPSA) is 53.6 Å². The number of fused-ring (bicyclic) bond motifs is 1. The molecule has 2 rings (SSSR count). The summed E-state index contributed by atoms with van der Waals surface area (Å²) in [5, 5.41) is 12.4. The number of rotatable bonds is 5. The number of imidazole rings is 1. The molecule has 1 unspecified atom stereocenters. The highest BCUT2D eigenvalue weighted by atomic mass is 15.1. The number of aryl methyl sites for hydroxylation is 1. The van der Waals surface area contributed by atoms with Crippen molar-refractivity contribution in [2.75, 3.05) is 6.54 Å². The van der Waals surface area contributed by atoms with Crippen molar-refractivity contribution in [2.24, 2.45) is 0 Å². The zero-order valence-electron chi connectivity index (χ0n) is 10.8. The Hall–Kier alpha value is -1.86. The summed E-state index contributed by atoms with van der Waals surface area (Å²) in [6.45, 7) is 5.55. The van der Waals surface area contributed by atoms with Gasteiger partial charge in [0.05, 0.1) is 23.4 Å². The van der Waals surface area contributed by atoms with Gasteiger partial charge in [0, 0.05) is 6.54 Å². The lowest BCUT2D eigenvalue weighted by Gasteiger charge is -2.22. The smallest absolute Gasteiger partial charge is 0.105 e. The van der Waals surface area contributed by atoms with Crippen LogP contribution >= 0.6 is 0 Å². The zero-order valence-corrected chi connectivity index (χ0v) is 10.8. The quantitative estimate of drug-likeness (QED) is 0.875. The second-order valence-corrected chi connectivity index (χ2v) is 4.65. The molecule has 0 amide bonds. The average molecular weight is 242 g/mol. The van der Waals surface area contributed by atoms with E-state index in [4.69, 9.17) is 0 Å². The van der Waals surface area contributed by atoms with Crippen molar-refractivity contribution in [2.45, 2.75) is 32.4 Å². The van der Waals surface area contributed by atoms with Gasteiger partial charge in [-0.05, 0) is 32.0 Å². The Morgan fingerprint density at radius 2 is 2.22 bits per heavy atom. The summed E-state index contributed by atoms with van der Waals surface area (Å²) in [6, 6.07) is 10.4. The van der Waals surface area contributed by atoms with Gasteiger partial charge >= 0.3 is 0 Å². The van der Waals surface area contributed by atoms with E-state index >= 15 is 0 Å². The van der Waals surface area contributed by atoms with Crippen molar-refractivity contribution < 1.29 is 0 Å². The maximum absolute atomic E-state index is 9.22. The molecule has 0 aliphatic carbocycles. The molecule has 18 heavy (non-hydrogen) atoms. The van der Waals surface area contributed by atoms with Gasteiger partial charge in [0.1, 0.15) is 5.54 Å². The molecule has 4 nitrogen and oxygen atoms in total. The van der Waals surface area contributed by atoms with Crippen LogP contribution in [-0.2, 0) is 6.54 Å². The highest BCUT2D eigenvalue weighted by Gasteiger charge is 2.22. The summed E-state index contributed by atoms with van der Waals surface area (Å²) in [5.74, 6) is 0. The summed E-state index contributed by atoms with van der Waals surface area (Å²) in [6.07, 6.45) is 2.60. The Labute approximate surface area is 107 Å². The molecular formula is C14H18N4. The first-order valence-corrected chi connectivity index (χ1v) is 6.25. The predicted molar refractivity (Wildman–Crippen MR) is 72.0 cm³/mol. The number of nitriles is 1. The number of hydrogen-bond acceptors (Lipinski definition) is 3. The summed E-state index contributed by atoms with van der Waals surface area (Å²) in [7, 11) is 0. The SMILES string of the molecule is CCNC(C)(C#N)CCn1cnc2ccccc21. The van der Waals surface area contributed by atoms with Gasteiger partial charge < -0.3 is 4.57 Å². The van der Waals surface area contributed by atoms with Gasteiger partial charge in [0.15, 0.2) is 0 Å². The second-order valence-electron chi connectivity index (χ2n) is 4.65. The van der Waals surface area contributed by atoms with Crippen LogP contribution in [0.4, 0.5) is 0 Å². The lowest BCUT2D eigenvalue weighted by atomic mass is 10.00. The molecule has 1 atom stereocenters. The van der Waals surface area contributed by atoms with E-state index in [1.54, 1.807) is 0 Å². The van der Waals surface area contributed by atoms with Crippen molar-refractivity contribution in [1.29, 1.82) is 5.26 Å². The van der Waals surface area contributed by atoms with E-state index in [1.807, 2.05) is 38.4 Å². The van der Waals surface area contributed by atoms with Gasteiger partial charge in [0.2, 0.25) is 0 Å². The normalized spacial score (nSPS) is 14.3. The molecule has 0 fully saturated rings. The molecule has 0 spiro atoms. The number of aromatic nitrogens is 2. The van der Waals surface area contributed by atoms with Crippen LogP contribution in [0.3, 0.4) is 0 Å². The van der Waals surface area contributed by atoms with Gasteiger partial charge in [-0.3, -0.25) is 5.32 Å². The highest BCUT2D eigenvalue weighted by molar-refractivity contribution is 5.74. The number of benzene rings is 1. The molecule has 0 aliphatic rings. The van der Waals surface area contributed by atoms with Gasteiger partial charge in [-0.15, -0.1) is 0 Å². The van der Waals surface area contributed by atoms with E-state index in [0.29, 0.717) is 0 Å². The van der Waals surface area contributed by atoms with Crippen molar-refractivity contribution in [3.05, 3.63) is 30.6 Å². The summed E-state index contributed by atoms with van der Waals surface area (Å²) in [4.78, 5) is 4.35. The van der Waals surface area contributed by atoms with Crippen LogP contribution in [0.15, 0.2) is 30.6 Å². The molecule has 1 aromatic carbocycles. The molecule has 4 heteroatoms. The standard InChI is InChI=1S/C14H18N4/c1-3-17-14(2,10-15)8-9-18-11-16-12-6-4-5-7-13(12)18/h4-7,11,17H,3,8-9H2,1-2H3. The highest BCUT2D eigenvalue weighted by Crippen LogP contribution is 2.15. The van der Waals surface area contributed by atoms with E-state index < -0.39 is 5.54 Å². The van der Waals surface area contributed by atoms with Crippen LogP contribution < -0.4 is 5.32 Å². The molecule has 0 saturated heterocycles. The van der Waals surface area contributed by atoms with Crippen molar-refractivity contribution in [3.63, 3.8) is 0 Å². The first-order valence-electron chi connectivity index (χ1n) is 6.25. The second kappa shape index (κ2) is 5.19. The summed E-state index contributed by atoms with van der Waals surface area (Å²) >= 11 is 0. The van der Waals surface area contributed by atoms with E-state index in [-0.39, 0.29) is 0 Å². The van der Waals surface area contributed by atoms with Crippen LogP contribution in [0.25, 0.3) is 11.0 Å². The maximum atomic E-state index is 9.22.